The minimum absolute atomic E-state index is 0.351. The number of aliphatic hydroxyl groups excluding tert-OH is 1. The molecule has 2 aromatic rings. The van der Waals surface area contributed by atoms with Gasteiger partial charge in [0.1, 0.15) is 0 Å². The molecule has 0 unspecified atom stereocenters. The number of fused-ring (bicyclic) bond motifs is 1. The molecule has 5 nitrogen and oxygen atoms in total. The maximum Gasteiger partial charge on any atom is 0.321 e. The van der Waals surface area contributed by atoms with Gasteiger partial charge in [-0.3, -0.25) is 5.32 Å². The molecule has 6 heteroatoms. The highest BCUT2D eigenvalue weighted by Gasteiger charge is 2.31. The molecular formula is C13H13N3O2S. The van der Waals surface area contributed by atoms with Crippen LogP contribution in [0, 0.1) is 0 Å². The Morgan fingerprint density at radius 2 is 2.26 bits per heavy atom. The van der Waals surface area contributed by atoms with Gasteiger partial charge < -0.3 is 10.4 Å². The molecule has 0 saturated carbocycles. The number of thiazole rings is 1. The van der Waals surface area contributed by atoms with Gasteiger partial charge in [-0.2, -0.15) is 0 Å². The number of urea groups is 1. The topological polar surface area (TPSA) is 74.2 Å². The maximum atomic E-state index is 11.9. The van der Waals surface area contributed by atoms with E-state index in [0.717, 1.165) is 11.1 Å². The Bertz CT molecular complexity index is 585. The van der Waals surface area contributed by atoms with Gasteiger partial charge in [-0.15, -0.1) is 11.3 Å². The minimum Gasteiger partial charge on any atom is -0.390 e. The van der Waals surface area contributed by atoms with Crippen LogP contribution in [0.25, 0.3) is 0 Å². The Morgan fingerprint density at radius 1 is 1.42 bits per heavy atom. The third kappa shape index (κ3) is 2.45. The summed E-state index contributed by atoms with van der Waals surface area (Å²) in [7, 11) is 0. The van der Waals surface area contributed by atoms with Crippen molar-refractivity contribution in [2.24, 2.45) is 0 Å². The summed E-state index contributed by atoms with van der Waals surface area (Å²) in [5, 5.41) is 17.8. The number of carbonyl (C=O) groups excluding carboxylic acids is 1. The van der Waals surface area contributed by atoms with Gasteiger partial charge in [-0.1, -0.05) is 24.3 Å². The normalized spacial score (nSPS) is 20.9. The molecule has 0 saturated heterocycles. The van der Waals surface area contributed by atoms with E-state index in [4.69, 9.17) is 0 Å². The molecule has 0 fully saturated rings. The van der Waals surface area contributed by atoms with Gasteiger partial charge >= 0.3 is 6.03 Å². The van der Waals surface area contributed by atoms with E-state index < -0.39 is 6.10 Å². The number of benzene rings is 1. The first kappa shape index (κ1) is 12.1. The summed E-state index contributed by atoms with van der Waals surface area (Å²) in [5.41, 5.74) is 2.05. The molecule has 1 aromatic heterocycles. The summed E-state index contributed by atoms with van der Waals surface area (Å²) in [5.74, 6) is 0. The van der Waals surface area contributed by atoms with E-state index >= 15 is 0 Å². The van der Waals surface area contributed by atoms with Crippen molar-refractivity contribution in [2.75, 3.05) is 5.32 Å². The third-order valence-corrected chi connectivity index (χ3v) is 3.83. The first-order valence-corrected chi connectivity index (χ1v) is 6.85. The molecule has 3 N–H and O–H groups in total. The van der Waals surface area contributed by atoms with Crippen molar-refractivity contribution in [3.8, 4) is 0 Å². The van der Waals surface area contributed by atoms with Crippen LogP contribution in [-0.2, 0) is 6.42 Å². The third-order valence-electron chi connectivity index (χ3n) is 3.14. The molecule has 0 aliphatic heterocycles. The van der Waals surface area contributed by atoms with E-state index in [0.29, 0.717) is 11.6 Å². The lowest BCUT2D eigenvalue weighted by molar-refractivity contribution is 0.144. The number of aliphatic hydroxyl groups is 1. The second kappa shape index (κ2) is 4.99. The molecule has 0 bridgehead atoms. The average Bonchev–Trinajstić information content (AvgIpc) is 2.99. The van der Waals surface area contributed by atoms with Crippen LogP contribution >= 0.6 is 11.3 Å². The number of nitrogens with zero attached hydrogens (tertiary/aromatic N) is 1. The van der Waals surface area contributed by atoms with Crippen molar-refractivity contribution in [3.63, 3.8) is 0 Å². The molecule has 1 heterocycles. The maximum absolute atomic E-state index is 11.9. The highest BCUT2D eigenvalue weighted by Crippen LogP contribution is 2.31. The molecule has 0 radical (unpaired) electrons. The van der Waals surface area contributed by atoms with Crippen LogP contribution in [0.5, 0.6) is 0 Å². The Labute approximate surface area is 114 Å². The van der Waals surface area contributed by atoms with Crippen LogP contribution in [0.3, 0.4) is 0 Å². The zero-order valence-electron chi connectivity index (χ0n) is 10.0. The SMILES string of the molecule is O=C(Nc1nccs1)N[C@@H]1c2ccccc2C[C@@H]1O. The second-order valence-electron chi connectivity index (χ2n) is 4.38. The number of carbonyl (C=O) groups is 1. The van der Waals surface area contributed by atoms with Gasteiger partial charge in [-0.05, 0) is 11.1 Å². The molecule has 3 rings (SSSR count). The van der Waals surface area contributed by atoms with E-state index in [1.54, 1.807) is 11.6 Å². The van der Waals surface area contributed by atoms with Crippen LogP contribution in [0.2, 0.25) is 0 Å². The van der Waals surface area contributed by atoms with Gasteiger partial charge in [0.15, 0.2) is 5.13 Å². The monoisotopic (exact) mass is 275 g/mol. The summed E-state index contributed by atoms with van der Waals surface area (Å²) in [6.07, 6.45) is 1.61. The molecule has 2 amide bonds. The molecule has 2 atom stereocenters. The lowest BCUT2D eigenvalue weighted by atomic mass is 10.1. The van der Waals surface area contributed by atoms with E-state index in [-0.39, 0.29) is 12.1 Å². The van der Waals surface area contributed by atoms with Crippen molar-refractivity contribution in [1.82, 2.24) is 10.3 Å². The Kier molecular flexibility index (Phi) is 3.18. The standard InChI is InChI=1S/C13H13N3O2S/c17-10-7-8-3-1-2-4-9(8)11(10)15-12(18)16-13-14-5-6-19-13/h1-6,10-11,17H,7H2,(H2,14,15,16,18)/t10-,11+/m0/s1. The summed E-state index contributed by atoms with van der Waals surface area (Å²) in [6, 6.07) is 7.03. The quantitative estimate of drug-likeness (QED) is 0.784. The van der Waals surface area contributed by atoms with Crippen molar-refractivity contribution >= 4 is 22.5 Å². The number of rotatable bonds is 2. The van der Waals surface area contributed by atoms with Crippen molar-refractivity contribution in [3.05, 3.63) is 47.0 Å². The largest absolute Gasteiger partial charge is 0.390 e. The first-order chi connectivity index (χ1) is 9.24. The zero-order valence-corrected chi connectivity index (χ0v) is 10.9. The van der Waals surface area contributed by atoms with E-state index in [1.165, 1.54) is 11.3 Å². The number of nitrogens with one attached hydrogen (secondary N) is 2. The lowest BCUT2D eigenvalue weighted by Crippen LogP contribution is -2.36. The van der Waals surface area contributed by atoms with Crippen LogP contribution in [0.15, 0.2) is 35.8 Å². The molecular weight excluding hydrogens is 262 g/mol. The van der Waals surface area contributed by atoms with Gasteiger partial charge in [-0.25, -0.2) is 9.78 Å². The lowest BCUT2D eigenvalue weighted by Gasteiger charge is -2.17. The number of hydrogen-bond donors (Lipinski definition) is 3. The smallest absolute Gasteiger partial charge is 0.321 e. The molecule has 98 valence electrons. The number of anilines is 1. The van der Waals surface area contributed by atoms with Gasteiger partial charge in [0, 0.05) is 18.0 Å². The van der Waals surface area contributed by atoms with Crippen LogP contribution in [0.4, 0.5) is 9.93 Å². The molecule has 0 spiro atoms. The van der Waals surface area contributed by atoms with Crippen molar-refractivity contribution in [1.29, 1.82) is 0 Å². The van der Waals surface area contributed by atoms with Crippen LogP contribution in [-0.4, -0.2) is 22.2 Å². The predicted octanol–water partition coefficient (Wildman–Crippen LogP) is 1.92. The Balaban J connectivity index is 1.71. The molecule has 1 aliphatic carbocycles. The summed E-state index contributed by atoms with van der Waals surface area (Å²) in [4.78, 5) is 15.8. The van der Waals surface area contributed by atoms with Crippen molar-refractivity contribution in [2.45, 2.75) is 18.6 Å². The summed E-state index contributed by atoms with van der Waals surface area (Å²) >= 11 is 1.35. The zero-order chi connectivity index (χ0) is 13.2. The fourth-order valence-corrected chi connectivity index (χ4v) is 2.83. The van der Waals surface area contributed by atoms with E-state index in [9.17, 15) is 9.90 Å². The molecule has 1 aromatic carbocycles. The van der Waals surface area contributed by atoms with Gasteiger partial charge in [0.2, 0.25) is 0 Å². The minimum atomic E-state index is -0.584. The first-order valence-electron chi connectivity index (χ1n) is 5.97. The second-order valence-corrected chi connectivity index (χ2v) is 5.28. The van der Waals surface area contributed by atoms with E-state index in [2.05, 4.69) is 15.6 Å². The molecule has 19 heavy (non-hydrogen) atoms. The predicted molar refractivity (Wildman–Crippen MR) is 73.2 cm³/mol. The van der Waals surface area contributed by atoms with Crippen LogP contribution in [0.1, 0.15) is 17.2 Å². The number of hydrogen-bond acceptors (Lipinski definition) is 4. The number of amides is 2. The molecule has 1 aliphatic rings. The number of aromatic nitrogens is 1. The highest BCUT2D eigenvalue weighted by atomic mass is 32.1. The van der Waals surface area contributed by atoms with Crippen LogP contribution < -0.4 is 10.6 Å². The summed E-state index contributed by atoms with van der Waals surface area (Å²) in [6.45, 7) is 0. The van der Waals surface area contributed by atoms with Crippen molar-refractivity contribution < 1.29 is 9.90 Å². The van der Waals surface area contributed by atoms with Gasteiger partial charge in [0.25, 0.3) is 0 Å². The fourth-order valence-electron chi connectivity index (χ4n) is 2.31. The van der Waals surface area contributed by atoms with E-state index in [1.807, 2.05) is 24.3 Å². The fraction of sp³-hybridized carbons (Fsp3) is 0.231. The Morgan fingerprint density at radius 3 is 3.05 bits per heavy atom. The average molecular weight is 275 g/mol. The highest BCUT2D eigenvalue weighted by molar-refractivity contribution is 7.13. The van der Waals surface area contributed by atoms with Gasteiger partial charge in [0.05, 0.1) is 12.1 Å². The summed E-state index contributed by atoms with van der Waals surface area (Å²) < 4.78 is 0. The Hall–Kier alpha value is -1.92.